The van der Waals surface area contributed by atoms with Crippen LogP contribution in [0.25, 0.3) is 5.69 Å². The fourth-order valence-corrected chi connectivity index (χ4v) is 3.56. The molecule has 1 aliphatic heterocycles. The van der Waals surface area contributed by atoms with Crippen LogP contribution in [0.4, 0.5) is 13.2 Å². The second-order valence-corrected chi connectivity index (χ2v) is 7.02. The lowest BCUT2D eigenvalue weighted by atomic mass is 9.98. The summed E-state index contributed by atoms with van der Waals surface area (Å²) >= 11 is 0. The Kier molecular flexibility index (Phi) is 5.88. The highest BCUT2D eigenvalue weighted by atomic mass is 19.4. The fraction of sp³-hybridized carbons (Fsp3) is 0.318. The molecule has 31 heavy (non-hydrogen) atoms. The lowest BCUT2D eigenvalue weighted by Gasteiger charge is -2.19. The summed E-state index contributed by atoms with van der Waals surface area (Å²) in [6, 6.07) is 12.9. The number of fused-ring (bicyclic) bond motifs is 3. The van der Waals surface area contributed by atoms with Crippen molar-refractivity contribution in [3.63, 3.8) is 0 Å². The number of hydroxylamine groups is 2. The molecule has 0 radical (unpaired) electrons. The predicted molar refractivity (Wildman–Crippen MR) is 110 cm³/mol. The van der Waals surface area contributed by atoms with E-state index in [1.165, 1.54) is 6.07 Å². The summed E-state index contributed by atoms with van der Waals surface area (Å²) in [6.07, 6.45) is -4.46. The molecule has 0 amide bonds. The average Bonchev–Trinajstić information content (AvgIpc) is 3.09. The van der Waals surface area contributed by atoms with Crippen LogP contribution in [0.1, 0.15) is 42.2 Å². The minimum absolute atomic E-state index is 0.149. The van der Waals surface area contributed by atoms with Crippen LogP contribution in [0.2, 0.25) is 0 Å². The molecule has 0 spiro atoms. The van der Waals surface area contributed by atoms with Crippen molar-refractivity contribution in [2.45, 2.75) is 33.2 Å². The molecule has 2 aromatic carbocycles. The molecule has 0 aliphatic carbocycles. The first kappa shape index (κ1) is 21.2. The van der Waals surface area contributed by atoms with Crippen molar-refractivity contribution >= 4 is 5.71 Å². The van der Waals surface area contributed by atoms with Crippen molar-refractivity contribution in [1.29, 1.82) is 0 Å². The van der Waals surface area contributed by atoms with Gasteiger partial charge in [0.25, 0.3) is 0 Å². The minimum atomic E-state index is -4.46. The molecule has 2 heterocycles. The molecule has 1 aromatic heterocycles. The Morgan fingerprint density at radius 3 is 2.45 bits per heavy atom. The molecule has 0 N–H and O–H groups in total. The van der Waals surface area contributed by atoms with Crippen LogP contribution in [-0.4, -0.2) is 38.6 Å². The number of rotatable bonds is 6. The maximum absolute atomic E-state index is 13.5. The smallest absolute Gasteiger partial charge is 0.291 e. The third-order valence-electron chi connectivity index (χ3n) is 5.12. The van der Waals surface area contributed by atoms with Gasteiger partial charge in [-0.25, -0.2) is 0 Å². The maximum Gasteiger partial charge on any atom is 0.416 e. The summed E-state index contributed by atoms with van der Waals surface area (Å²) in [5.74, 6) is 1.05. The van der Waals surface area contributed by atoms with Gasteiger partial charge in [-0.15, -0.1) is 10.2 Å². The van der Waals surface area contributed by atoms with Crippen molar-refractivity contribution < 1.29 is 18.0 Å². The summed E-state index contributed by atoms with van der Waals surface area (Å²) < 4.78 is 42.2. The van der Waals surface area contributed by atoms with Crippen LogP contribution in [0.5, 0.6) is 0 Å². The highest BCUT2D eigenvalue weighted by molar-refractivity contribution is 6.15. The molecule has 4 rings (SSSR count). The molecule has 6 nitrogen and oxygen atoms in total. The summed E-state index contributed by atoms with van der Waals surface area (Å²) in [7, 11) is 0. The number of halogens is 3. The SMILES string of the molecule is CCN(CC)OCc1nnc2n1-c1ccc(C(F)(F)F)cc1C(c1ccccc1)=NC2. The van der Waals surface area contributed by atoms with E-state index in [1.54, 1.807) is 9.63 Å². The number of alkyl halides is 3. The first-order chi connectivity index (χ1) is 14.9. The quantitative estimate of drug-likeness (QED) is 0.545. The topological polar surface area (TPSA) is 55.5 Å². The Morgan fingerprint density at radius 1 is 1.03 bits per heavy atom. The highest BCUT2D eigenvalue weighted by Gasteiger charge is 2.33. The predicted octanol–water partition coefficient (Wildman–Crippen LogP) is 4.41. The normalized spacial score (nSPS) is 13.5. The molecule has 9 heteroatoms. The minimum Gasteiger partial charge on any atom is -0.291 e. The van der Waals surface area contributed by atoms with Crippen molar-refractivity contribution in [2.24, 2.45) is 4.99 Å². The Morgan fingerprint density at radius 2 is 1.77 bits per heavy atom. The molecule has 0 bridgehead atoms. The number of nitrogens with zero attached hydrogens (tertiary/aromatic N) is 5. The van der Waals surface area contributed by atoms with Crippen molar-refractivity contribution in [1.82, 2.24) is 19.8 Å². The number of aromatic nitrogens is 3. The molecule has 0 unspecified atom stereocenters. The fourth-order valence-electron chi connectivity index (χ4n) is 3.56. The van der Waals surface area contributed by atoms with E-state index in [4.69, 9.17) is 4.84 Å². The highest BCUT2D eigenvalue weighted by Crippen LogP contribution is 2.34. The Bertz CT molecular complexity index is 1090. The summed E-state index contributed by atoms with van der Waals surface area (Å²) in [4.78, 5) is 10.4. The van der Waals surface area contributed by atoms with Crippen LogP contribution in [0, 0.1) is 0 Å². The Hall–Kier alpha value is -3.04. The largest absolute Gasteiger partial charge is 0.416 e. The zero-order valence-electron chi connectivity index (χ0n) is 17.2. The molecule has 0 saturated carbocycles. The summed E-state index contributed by atoms with van der Waals surface area (Å²) in [5, 5.41) is 10.2. The van der Waals surface area contributed by atoms with Gasteiger partial charge >= 0.3 is 6.18 Å². The number of hydrogen-bond donors (Lipinski definition) is 0. The average molecular weight is 429 g/mol. The van der Waals surface area contributed by atoms with E-state index >= 15 is 0 Å². The third-order valence-corrected chi connectivity index (χ3v) is 5.12. The summed E-state index contributed by atoms with van der Waals surface area (Å²) in [6.45, 7) is 5.69. The molecule has 162 valence electrons. The van der Waals surface area contributed by atoms with Gasteiger partial charge in [0.15, 0.2) is 11.6 Å². The molecule has 1 aliphatic rings. The second-order valence-electron chi connectivity index (χ2n) is 7.02. The molecule has 3 aromatic rings. The zero-order chi connectivity index (χ0) is 22.0. The molecular weight excluding hydrogens is 407 g/mol. The van der Waals surface area contributed by atoms with Gasteiger partial charge in [-0.2, -0.15) is 18.2 Å². The van der Waals surface area contributed by atoms with Crippen LogP contribution in [0.3, 0.4) is 0 Å². The standard InChI is InChI=1S/C22H22F3N5O/c1-3-29(4-2)31-14-20-28-27-19-13-26-21(15-8-6-5-7-9-15)17-12-16(22(23,24)25)10-11-18(17)30(19)20/h5-12H,3-4,13-14H2,1-2H3. The summed E-state index contributed by atoms with van der Waals surface area (Å²) in [5.41, 5.74) is 1.42. The van der Waals surface area contributed by atoms with E-state index < -0.39 is 11.7 Å². The monoisotopic (exact) mass is 429 g/mol. The molecule has 0 atom stereocenters. The lowest BCUT2D eigenvalue weighted by Crippen LogP contribution is -2.24. The first-order valence-corrected chi connectivity index (χ1v) is 10.0. The molecule has 0 saturated heterocycles. The first-order valence-electron chi connectivity index (χ1n) is 10.0. The van der Waals surface area contributed by atoms with Gasteiger partial charge in [0.2, 0.25) is 0 Å². The van der Waals surface area contributed by atoms with E-state index in [0.717, 1.165) is 17.7 Å². The van der Waals surface area contributed by atoms with E-state index in [0.29, 0.717) is 41.7 Å². The number of hydrogen-bond acceptors (Lipinski definition) is 5. The Balaban J connectivity index is 1.84. The third kappa shape index (κ3) is 4.24. The maximum atomic E-state index is 13.5. The van der Waals surface area contributed by atoms with Gasteiger partial charge < -0.3 is 0 Å². The molecular formula is C22H22F3N5O. The number of benzene rings is 2. The van der Waals surface area contributed by atoms with Gasteiger partial charge in [-0.1, -0.05) is 44.2 Å². The van der Waals surface area contributed by atoms with Crippen LogP contribution in [0.15, 0.2) is 53.5 Å². The van der Waals surface area contributed by atoms with E-state index in [2.05, 4.69) is 15.2 Å². The van der Waals surface area contributed by atoms with Crippen molar-refractivity contribution in [3.05, 3.63) is 76.9 Å². The van der Waals surface area contributed by atoms with Gasteiger partial charge in [0.1, 0.15) is 13.2 Å². The lowest BCUT2D eigenvalue weighted by molar-refractivity contribution is -0.165. The van der Waals surface area contributed by atoms with Gasteiger partial charge in [0, 0.05) is 24.2 Å². The zero-order valence-corrected chi connectivity index (χ0v) is 17.2. The van der Waals surface area contributed by atoms with E-state index in [-0.39, 0.29) is 13.2 Å². The molecule has 0 fully saturated rings. The second kappa shape index (κ2) is 8.60. The van der Waals surface area contributed by atoms with Gasteiger partial charge in [-0.3, -0.25) is 14.4 Å². The van der Waals surface area contributed by atoms with Crippen LogP contribution < -0.4 is 0 Å². The van der Waals surface area contributed by atoms with E-state index in [1.807, 2.05) is 44.2 Å². The van der Waals surface area contributed by atoms with Crippen LogP contribution in [-0.2, 0) is 24.2 Å². The van der Waals surface area contributed by atoms with E-state index in [9.17, 15) is 13.2 Å². The van der Waals surface area contributed by atoms with Crippen molar-refractivity contribution in [3.8, 4) is 5.69 Å². The Labute approximate surface area is 178 Å². The van der Waals surface area contributed by atoms with Gasteiger partial charge in [0.05, 0.1) is 17.0 Å². The van der Waals surface area contributed by atoms with Gasteiger partial charge in [-0.05, 0) is 18.2 Å². The van der Waals surface area contributed by atoms with Crippen LogP contribution >= 0.6 is 0 Å². The number of aliphatic imine (C=N–C) groups is 1. The van der Waals surface area contributed by atoms with Crippen molar-refractivity contribution in [2.75, 3.05) is 13.1 Å².